The molecule has 1 unspecified atom stereocenters. The first-order valence-corrected chi connectivity index (χ1v) is 13.5. The summed E-state index contributed by atoms with van der Waals surface area (Å²) < 4.78 is 68.3. The zero-order chi connectivity index (χ0) is 23.6. The van der Waals surface area contributed by atoms with Crippen molar-refractivity contribution in [3.05, 3.63) is 17.4 Å². The molecule has 0 radical (unpaired) electrons. The van der Waals surface area contributed by atoms with Gasteiger partial charge in [0.1, 0.15) is 0 Å². The van der Waals surface area contributed by atoms with Crippen LogP contribution in [-0.4, -0.2) is 73.5 Å². The molecule has 0 N–H and O–H groups in total. The SMILES string of the molecule is O=S(=O)(CCC(F)(F)F)N1CCC(OCC[C@@H]2C[C@@H]2C2CCN(c3ncc(Cl)cn3)CC2)C1. The molecule has 1 aromatic rings. The first kappa shape index (κ1) is 24.9. The Labute approximate surface area is 197 Å². The molecule has 1 aromatic heterocycles. The average Bonchev–Trinajstić information content (AvgIpc) is 3.37. The monoisotopic (exact) mass is 510 g/mol. The third-order valence-corrected chi connectivity index (χ3v) is 9.03. The van der Waals surface area contributed by atoms with Crippen LogP contribution in [0.25, 0.3) is 0 Å². The van der Waals surface area contributed by atoms with Gasteiger partial charge in [0, 0.05) is 32.8 Å². The van der Waals surface area contributed by atoms with E-state index in [1.807, 2.05) is 0 Å². The fourth-order valence-electron chi connectivity index (χ4n) is 5.02. The molecule has 1 aliphatic carbocycles. The summed E-state index contributed by atoms with van der Waals surface area (Å²) in [5, 5.41) is 0.532. The smallest absolute Gasteiger partial charge is 0.377 e. The number of hydrogen-bond donors (Lipinski definition) is 0. The highest BCUT2D eigenvalue weighted by Gasteiger charge is 2.43. The summed E-state index contributed by atoms with van der Waals surface area (Å²) in [6.45, 7) is 2.82. The summed E-state index contributed by atoms with van der Waals surface area (Å²) in [6, 6.07) is 0. The van der Waals surface area contributed by atoms with Crippen LogP contribution in [0.5, 0.6) is 0 Å². The second-order valence-electron chi connectivity index (χ2n) is 9.29. The summed E-state index contributed by atoms with van der Waals surface area (Å²) >= 11 is 5.86. The Morgan fingerprint density at radius 3 is 2.48 bits per heavy atom. The minimum atomic E-state index is -4.47. The molecule has 0 aromatic carbocycles. The van der Waals surface area contributed by atoms with Gasteiger partial charge < -0.3 is 9.64 Å². The lowest BCUT2D eigenvalue weighted by atomic mass is 9.90. The standard InChI is InChI=1S/C21H30ClF3N4O3S/c22-17-12-26-20(27-13-17)28-6-1-15(2-7-28)19-11-16(19)4-9-32-18-3-8-29(14-18)33(30,31)10-5-21(23,24)25/h12-13,15-16,18-19H,1-11,14H2/t16-,18?,19-/m1/s1. The van der Waals surface area contributed by atoms with Crippen molar-refractivity contribution in [2.24, 2.45) is 17.8 Å². The molecule has 3 heterocycles. The Hall–Kier alpha value is -1.17. The summed E-state index contributed by atoms with van der Waals surface area (Å²) in [6.07, 6.45) is 2.13. The molecule has 1 saturated carbocycles. The number of anilines is 1. The Morgan fingerprint density at radius 2 is 1.82 bits per heavy atom. The van der Waals surface area contributed by atoms with Crippen LogP contribution in [0.4, 0.5) is 19.1 Å². The van der Waals surface area contributed by atoms with E-state index in [1.54, 1.807) is 12.4 Å². The van der Waals surface area contributed by atoms with Crippen LogP contribution >= 0.6 is 11.6 Å². The van der Waals surface area contributed by atoms with E-state index in [4.69, 9.17) is 16.3 Å². The van der Waals surface area contributed by atoms with Gasteiger partial charge in [0.15, 0.2) is 0 Å². The minimum absolute atomic E-state index is 0.152. The predicted molar refractivity (Wildman–Crippen MR) is 119 cm³/mol. The van der Waals surface area contributed by atoms with Gasteiger partial charge in [-0.25, -0.2) is 18.4 Å². The van der Waals surface area contributed by atoms with Crippen molar-refractivity contribution in [1.29, 1.82) is 0 Å². The van der Waals surface area contributed by atoms with Gasteiger partial charge in [0.05, 0.1) is 35.7 Å². The second-order valence-corrected chi connectivity index (χ2v) is 11.8. The van der Waals surface area contributed by atoms with Crippen molar-refractivity contribution in [2.75, 3.05) is 43.4 Å². The van der Waals surface area contributed by atoms with Gasteiger partial charge in [-0.15, -0.1) is 0 Å². The maximum Gasteiger partial charge on any atom is 0.390 e. The van der Waals surface area contributed by atoms with Crippen molar-refractivity contribution in [2.45, 2.75) is 50.8 Å². The molecule has 4 rings (SSSR count). The zero-order valence-electron chi connectivity index (χ0n) is 18.4. The molecule has 0 bridgehead atoms. The van der Waals surface area contributed by atoms with Crippen molar-refractivity contribution < 1.29 is 26.3 Å². The number of aromatic nitrogens is 2. The summed E-state index contributed by atoms with van der Waals surface area (Å²) in [5.41, 5.74) is 0. The number of sulfonamides is 1. The van der Waals surface area contributed by atoms with Gasteiger partial charge in [0.2, 0.25) is 16.0 Å². The summed E-state index contributed by atoms with van der Waals surface area (Å²) in [7, 11) is -3.89. The van der Waals surface area contributed by atoms with Crippen molar-refractivity contribution >= 4 is 27.6 Å². The number of hydrogen-bond acceptors (Lipinski definition) is 6. The lowest BCUT2D eigenvalue weighted by Gasteiger charge is -2.32. The Kier molecular flexibility index (Phi) is 7.72. The summed E-state index contributed by atoms with van der Waals surface area (Å²) in [5.74, 6) is 1.88. The maximum atomic E-state index is 12.4. The van der Waals surface area contributed by atoms with Crippen LogP contribution in [0, 0.1) is 17.8 Å². The first-order valence-electron chi connectivity index (χ1n) is 11.5. The molecule has 33 heavy (non-hydrogen) atoms. The molecule has 2 aliphatic heterocycles. The molecule has 3 atom stereocenters. The van der Waals surface area contributed by atoms with Crippen molar-refractivity contribution in [1.82, 2.24) is 14.3 Å². The van der Waals surface area contributed by atoms with E-state index in [1.165, 1.54) is 6.42 Å². The molecule has 7 nitrogen and oxygen atoms in total. The van der Waals surface area contributed by atoms with E-state index in [-0.39, 0.29) is 19.2 Å². The fraction of sp³-hybridized carbons (Fsp3) is 0.810. The third kappa shape index (κ3) is 6.93. The first-order chi connectivity index (χ1) is 15.6. The van der Waals surface area contributed by atoms with Gasteiger partial charge in [-0.2, -0.15) is 17.5 Å². The number of alkyl halides is 3. The van der Waals surface area contributed by atoms with Gasteiger partial charge in [-0.3, -0.25) is 0 Å². The Balaban J connectivity index is 1.12. The van der Waals surface area contributed by atoms with E-state index >= 15 is 0 Å². The highest BCUT2D eigenvalue weighted by atomic mass is 35.5. The average molecular weight is 511 g/mol. The van der Waals surface area contributed by atoms with Gasteiger partial charge >= 0.3 is 6.18 Å². The molecular formula is C21H30ClF3N4O3S. The Bertz CT molecular complexity index is 895. The van der Waals surface area contributed by atoms with Crippen LogP contribution < -0.4 is 4.90 Å². The number of ether oxygens (including phenoxy) is 1. The van der Waals surface area contributed by atoms with Gasteiger partial charge in [-0.05, 0) is 49.9 Å². The largest absolute Gasteiger partial charge is 0.390 e. The minimum Gasteiger partial charge on any atom is -0.377 e. The lowest BCUT2D eigenvalue weighted by Crippen LogP contribution is -2.35. The second kappa shape index (κ2) is 10.2. The van der Waals surface area contributed by atoms with E-state index in [0.29, 0.717) is 35.8 Å². The topological polar surface area (TPSA) is 75.6 Å². The van der Waals surface area contributed by atoms with Crippen molar-refractivity contribution in [3.8, 4) is 0 Å². The molecular weight excluding hydrogens is 481 g/mol. The quantitative estimate of drug-likeness (QED) is 0.503. The van der Waals surface area contributed by atoms with Crippen LogP contribution in [0.1, 0.15) is 38.5 Å². The number of nitrogens with zero attached hydrogens (tertiary/aromatic N) is 4. The van der Waals surface area contributed by atoms with Crippen LogP contribution in [-0.2, 0) is 14.8 Å². The van der Waals surface area contributed by atoms with Crippen LogP contribution in [0.2, 0.25) is 5.02 Å². The number of rotatable bonds is 9. The van der Waals surface area contributed by atoms with E-state index < -0.39 is 28.4 Å². The molecule has 3 aliphatic rings. The highest BCUT2D eigenvalue weighted by molar-refractivity contribution is 7.89. The van der Waals surface area contributed by atoms with Crippen LogP contribution in [0.3, 0.4) is 0 Å². The molecule has 3 fully saturated rings. The molecule has 0 amide bonds. The number of halogens is 4. The van der Waals surface area contributed by atoms with E-state index in [0.717, 1.165) is 42.6 Å². The molecule has 2 saturated heterocycles. The normalized spacial score (nSPS) is 27.3. The molecule has 12 heteroatoms. The summed E-state index contributed by atoms with van der Waals surface area (Å²) in [4.78, 5) is 10.8. The maximum absolute atomic E-state index is 12.4. The zero-order valence-corrected chi connectivity index (χ0v) is 20.0. The van der Waals surface area contributed by atoms with Gasteiger partial charge in [0.25, 0.3) is 0 Å². The Morgan fingerprint density at radius 1 is 1.12 bits per heavy atom. The van der Waals surface area contributed by atoms with Crippen molar-refractivity contribution in [3.63, 3.8) is 0 Å². The fourth-order valence-corrected chi connectivity index (χ4v) is 6.65. The molecule has 186 valence electrons. The molecule has 0 spiro atoms. The van der Waals surface area contributed by atoms with Crippen LogP contribution in [0.15, 0.2) is 12.4 Å². The van der Waals surface area contributed by atoms with E-state index in [2.05, 4.69) is 14.9 Å². The van der Waals surface area contributed by atoms with Gasteiger partial charge in [-0.1, -0.05) is 11.6 Å². The third-order valence-electron chi connectivity index (χ3n) is 7.00. The number of piperidine rings is 1. The lowest BCUT2D eigenvalue weighted by molar-refractivity contribution is -0.130. The predicted octanol–water partition coefficient (Wildman–Crippen LogP) is 3.75. The highest BCUT2D eigenvalue weighted by Crippen LogP contribution is 2.50. The van der Waals surface area contributed by atoms with E-state index in [9.17, 15) is 21.6 Å².